The number of fused-ring (bicyclic) bond motifs is 1. The largest absolute Gasteiger partial charge is 0.353 e. The summed E-state index contributed by atoms with van der Waals surface area (Å²) in [4.78, 5) is 23.2. The molecule has 0 amide bonds. The van der Waals surface area contributed by atoms with Crippen molar-refractivity contribution in [2.24, 2.45) is 0 Å². The van der Waals surface area contributed by atoms with Gasteiger partial charge in [0.1, 0.15) is 12.1 Å². The number of benzene rings is 1. The highest BCUT2D eigenvalue weighted by Crippen LogP contribution is 2.26. The third-order valence-corrected chi connectivity index (χ3v) is 4.17. The van der Waals surface area contributed by atoms with Crippen LogP contribution < -0.4 is 9.79 Å². The Morgan fingerprint density at radius 3 is 2.83 bits per heavy atom. The van der Waals surface area contributed by atoms with Crippen LogP contribution in [0.25, 0.3) is 6.08 Å². The number of hydrogen-bond acceptors (Lipinski definition) is 6. The summed E-state index contributed by atoms with van der Waals surface area (Å²) in [5, 5.41) is 0. The van der Waals surface area contributed by atoms with Gasteiger partial charge in [-0.3, -0.25) is 19.7 Å². The molecule has 23 heavy (non-hydrogen) atoms. The summed E-state index contributed by atoms with van der Waals surface area (Å²) in [5.41, 5.74) is 2.35. The van der Waals surface area contributed by atoms with Gasteiger partial charge in [-0.15, -0.1) is 0 Å². The van der Waals surface area contributed by atoms with Gasteiger partial charge in [-0.2, -0.15) is 0 Å². The molecule has 2 aliphatic rings. The number of aromatic nitrogens is 2. The van der Waals surface area contributed by atoms with E-state index in [9.17, 15) is 0 Å². The molecule has 4 rings (SSSR count). The molecule has 0 unspecified atom stereocenters. The van der Waals surface area contributed by atoms with Crippen molar-refractivity contribution in [3.05, 3.63) is 54.2 Å². The van der Waals surface area contributed by atoms with Gasteiger partial charge < -0.3 is 4.90 Å². The van der Waals surface area contributed by atoms with Gasteiger partial charge in [-0.05, 0) is 23.8 Å². The molecular formula is C17H18N4O2. The van der Waals surface area contributed by atoms with Gasteiger partial charge in [0, 0.05) is 50.7 Å². The van der Waals surface area contributed by atoms with Gasteiger partial charge in [0.05, 0.1) is 6.20 Å². The summed E-state index contributed by atoms with van der Waals surface area (Å²) < 4.78 is 0. The summed E-state index contributed by atoms with van der Waals surface area (Å²) in [6.45, 7) is 4.92. The Kier molecular flexibility index (Phi) is 3.81. The maximum Gasteiger partial charge on any atom is 0.185 e. The van der Waals surface area contributed by atoms with E-state index < -0.39 is 0 Å². The smallest absolute Gasteiger partial charge is 0.185 e. The van der Waals surface area contributed by atoms with Crippen LogP contribution in [0.2, 0.25) is 0 Å². The second-order valence-corrected chi connectivity index (χ2v) is 5.68. The van der Waals surface area contributed by atoms with Crippen LogP contribution in [-0.4, -0.2) is 41.0 Å². The van der Waals surface area contributed by atoms with Crippen molar-refractivity contribution in [3.8, 4) is 5.75 Å². The molecular weight excluding hydrogens is 292 g/mol. The van der Waals surface area contributed by atoms with Crippen molar-refractivity contribution < 1.29 is 9.78 Å². The number of piperazine rings is 1. The van der Waals surface area contributed by atoms with Crippen LogP contribution >= 0.6 is 0 Å². The van der Waals surface area contributed by atoms with Crippen LogP contribution in [-0.2, 0) is 11.4 Å². The van der Waals surface area contributed by atoms with E-state index in [4.69, 9.17) is 9.78 Å². The zero-order chi connectivity index (χ0) is 15.5. The first-order chi connectivity index (χ1) is 11.4. The van der Waals surface area contributed by atoms with Crippen LogP contribution in [0.15, 0.2) is 43.1 Å². The molecule has 0 bridgehead atoms. The molecule has 1 fully saturated rings. The molecule has 0 spiro atoms. The Hall–Kier alpha value is -2.60. The molecule has 0 N–H and O–H groups in total. The van der Waals surface area contributed by atoms with E-state index in [1.54, 1.807) is 18.7 Å². The Bertz CT molecular complexity index is 697. The van der Waals surface area contributed by atoms with Crippen molar-refractivity contribution in [2.45, 2.75) is 6.54 Å². The average molecular weight is 310 g/mol. The van der Waals surface area contributed by atoms with Crippen molar-refractivity contribution in [2.75, 3.05) is 31.1 Å². The second-order valence-electron chi connectivity index (χ2n) is 5.68. The zero-order valence-electron chi connectivity index (χ0n) is 12.8. The Balaban J connectivity index is 1.37. The summed E-state index contributed by atoms with van der Waals surface area (Å²) >= 11 is 0. The van der Waals surface area contributed by atoms with Gasteiger partial charge in [-0.1, -0.05) is 6.07 Å². The summed E-state index contributed by atoms with van der Waals surface area (Å²) in [6.07, 6.45) is 8.76. The SMILES string of the molecule is C1=Cc2cc(CN3CCN(c4cnccn4)CC3)ccc2OO1. The molecule has 6 heteroatoms. The Morgan fingerprint density at radius 1 is 1.09 bits per heavy atom. The standard InChI is InChI=1S/C17H18N4O2/c1-2-16-15(3-10-22-23-16)11-14(1)13-20-6-8-21(9-7-20)17-12-18-4-5-19-17/h1-5,10-12H,6-9,13H2. The molecule has 2 aromatic rings. The molecule has 118 valence electrons. The van der Waals surface area contributed by atoms with Crippen molar-refractivity contribution in [1.82, 2.24) is 14.9 Å². The lowest BCUT2D eigenvalue weighted by molar-refractivity contribution is -0.151. The lowest BCUT2D eigenvalue weighted by Gasteiger charge is -2.35. The molecule has 0 saturated carbocycles. The highest BCUT2D eigenvalue weighted by atomic mass is 17.2. The predicted molar refractivity (Wildman–Crippen MR) is 86.7 cm³/mol. The maximum absolute atomic E-state index is 5.11. The molecule has 0 aliphatic carbocycles. The van der Waals surface area contributed by atoms with E-state index in [-0.39, 0.29) is 0 Å². The van der Waals surface area contributed by atoms with Crippen LogP contribution in [0.3, 0.4) is 0 Å². The first-order valence-corrected chi connectivity index (χ1v) is 7.75. The lowest BCUT2D eigenvalue weighted by Crippen LogP contribution is -2.46. The number of anilines is 1. The fourth-order valence-electron chi connectivity index (χ4n) is 2.93. The molecule has 3 heterocycles. The predicted octanol–water partition coefficient (Wildman–Crippen LogP) is 2.09. The van der Waals surface area contributed by atoms with E-state index in [0.717, 1.165) is 49.9 Å². The van der Waals surface area contributed by atoms with Gasteiger partial charge in [0.15, 0.2) is 5.75 Å². The Morgan fingerprint density at radius 2 is 2.00 bits per heavy atom. The molecule has 1 aromatic heterocycles. The quantitative estimate of drug-likeness (QED) is 0.809. The topological polar surface area (TPSA) is 50.7 Å². The second kappa shape index (κ2) is 6.26. The van der Waals surface area contributed by atoms with Gasteiger partial charge in [-0.25, -0.2) is 4.98 Å². The molecule has 1 aromatic carbocycles. The normalized spacial score (nSPS) is 17.3. The fraction of sp³-hybridized carbons (Fsp3) is 0.294. The number of hydrogen-bond donors (Lipinski definition) is 0. The molecule has 1 saturated heterocycles. The van der Waals surface area contributed by atoms with Crippen LogP contribution in [0, 0.1) is 0 Å². The van der Waals surface area contributed by atoms with Crippen molar-refractivity contribution in [3.63, 3.8) is 0 Å². The van der Waals surface area contributed by atoms with Crippen LogP contribution in [0.5, 0.6) is 5.75 Å². The minimum Gasteiger partial charge on any atom is -0.353 e. The van der Waals surface area contributed by atoms with Gasteiger partial charge >= 0.3 is 0 Å². The molecule has 0 radical (unpaired) electrons. The zero-order valence-corrected chi connectivity index (χ0v) is 12.8. The van der Waals surface area contributed by atoms with E-state index in [0.29, 0.717) is 0 Å². The first-order valence-electron chi connectivity index (χ1n) is 7.75. The summed E-state index contributed by atoms with van der Waals surface area (Å²) in [7, 11) is 0. The minimum atomic E-state index is 0.767. The highest BCUT2D eigenvalue weighted by Gasteiger charge is 2.18. The Labute approximate surface area is 134 Å². The summed E-state index contributed by atoms with van der Waals surface area (Å²) in [5.74, 6) is 1.73. The molecule has 6 nitrogen and oxygen atoms in total. The molecule has 2 aliphatic heterocycles. The van der Waals surface area contributed by atoms with Crippen molar-refractivity contribution >= 4 is 11.9 Å². The minimum absolute atomic E-state index is 0.767. The van der Waals surface area contributed by atoms with Gasteiger partial charge in [0.25, 0.3) is 0 Å². The highest BCUT2D eigenvalue weighted by molar-refractivity contribution is 5.58. The monoisotopic (exact) mass is 310 g/mol. The third-order valence-electron chi connectivity index (χ3n) is 4.17. The number of nitrogens with zero attached hydrogens (tertiary/aromatic N) is 4. The van der Waals surface area contributed by atoms with E-state index in [2.05, 4.69) is 31.9 Å². The van der Waals surface area contributed by atoms with E-state index in [1.165, 1.54) is 5.56 Å². The summed E-state index contributed by atoms with van der Waals surface area (Å²) in [6, 6.07) is 6.21. The van der Waals surface area contributed by atoms with Crippen molar-refractivity contribution in [1.29, 1.82) is 0 Å². The van der Waals surface area contributed by atoms with E-state index in [1.807, 2.05) is 18.3 Å². The lowest BCUT2D eigenvalue weighted by atomic mass is 10.1. The maximum atomic E-state index is 5.11. The van der Waals surface area contributed by atoms with Gasteiger partial charge in [0.2, 0.25) is 0 Å². The van der Waals surface area contributed by atoms with Crippen LogP contribution in [0.1, 0.15) is 11.1 Å². The fourth-order valence-corrected chi connectivity index (χ4v) is 2.93. The molecule has 0 atom stereocenters. The van der Waals surface area contributed by atoms with Crippen LogP contribution in [0.4, 0.5) is 5.82 Å². The number of rotatable bonds is 3. The average Bonchev–Trinajstić information content (AvgIpc) is 2.63. The third kappa shape index (κ3) is 3.12. The van der Waals surface area contributed by atoms with E-state index >= 15 is 0 Å². The first kappa shape index (κ1) is 14.0.